The van der Waals surface area contributed by atoms with Gasteiger partial charge in [-0.05, 0) is 37.5 Å². The van der Waals surface area contributed by atoms with Gasteiger partial charge in [0.05, 0.1) is 10.7 Å². The van der Waals surface area contributed by atoms with Crippen molar-refractivity contribution in [2.75, 3.05) is 11.9 Å². The molecule has 1 atom stereocenters. The van der Waals surface area contributed by atoms with Gasteiger partial charge >= 0.3 is 12.0 Å². The number of nitrogens with one attached hydrogen (secondary N) is 1. The van der Waals surface area contributed by atoms with Crippen molar-refractivity contribution < 1.29 is 14.7 Å². The number of carbonyl (C=O) groups excluding carboxylic acids is 1. The molecule has 7 heteroatoms. The highest BCUT2D eigenvalue weighted by atomic mass is 35.5. The Morgan fingerprint density at radius 3 is 2.75 bits per heavy atom. The van der Waals surface area contributed by atoms with Crippen LogP contribution in [-0.4, -0.2) is 34.6 Å². The third-order valence-electron chi connectivity index (χ3n) is 3.22. The summed E-state index contributed by atoms with van der Waals surface area (Å²) >= 11 is 11.8. The van der Waals surface area contributed by atoms with E-state index in [1.807, 2.05) is 0 Å². The van der Waals surface area contributed by atoms with Crippen LogP contribution < -0.4 is 5.32 Å². The Balaban J connectivity index is 2.14. The molecule has 1 aliphatic rings. The van der Waals surface area contributed by atoms with Crippen molar-refractivity contribution in [1.29, 1.82) is 0 Å². The number of hydrogen-bond acceptors (Lipinski definition) is 2. The van der Waals surface area contributed by atoms with E-state index < -0.39 is 18.0 Å². The van der Waals surface area contributed by atoms with E-state index in [9.17, 15) is 9.59 Å². The molecular formula is C13H14Cl2N2O3. The topological polar surface area (TPSA) is 69.6 Å². The Morgan fingerprint density at radius 2 is 2.05 bits per heavy atom. The summed E-state index contributed by atoms with van der Waals surface area (Å²) in [6.07, 6.45) is 2.06. The highest BCUT2D eigenvalue weighted by Gasteiger charge is 2.32. The monoisotopic (exact) mass is 316 g/mol. The van der Waals surface area contributed by atoms with Gasteiger partial charge in [0.1, 0.15) is 6.04 Å². The van der Waals surface area contributed by atoms with Crippen LogP contribution in [0.25, 0.3) is 0 Å². The molecule has 1 heterocycles. The number of nitrogens with zero attached hydrogens (tertiary/aromatic N) is 1. The normalized spacial score (nSPS) is 18.7. The second-order valence-corrected chi connectivity index (χ2v) is 5.44. The molecule has 5 nitrogen and oxygen atoms in total. The molecule has 1 unspecified atom stereocenters. The number of aliphatic carboxylic acids is 1. The molecule has 1 aromatic rings. The Hall–Kier alpha value is -1.46. The van der Waals surface area contributed by atoms with E-state index in [1.54, 1.807) is 12.1 Å². The standard InChI is InChI=1S/C13H14Cl2N2O3/c14-8-4-5-9(15)10(7-8)16-13(20)17-6-2-1-3-11(17)12(18)19/h4-5,7,11H,1-3,6H2,(H,16,20)(H,18,19). The predicted molar refractivity (Wildman–Crippen MR) is 77.5 cm³/mol. The maximum absolute atomic E-state index is 12.2. The lowest BCUT2D eigenvalue weighted by atomic mass is 10.0. The van der Waals surface area contributed by atoms with Crippen molar-refractivity contribution in [2.45, 2.75) is 25.3 Å². The molecule has 20 heavy (non-hydrogen) atoms. The van der Waals surface area contributed by atoms with Crippen molar-refractivity contribution >= 4 is 40.9 Å². The maximum Gasteiger partial charge on any atom is 0.326 e. The number of amides is 2. The van der Waals surface area contributed by atoms with Crippen LogP contribution in [0.4, 0.5) is 10.5 Å². The molecule has 0 saturated carbocycles. The average molecular weight is 317 g/mol. The minimum absolute atomic E-state index is 0.353. The van der Waals surface area contributed by atoms with Crippen LogP contribution in [0, 0.1) is 0 Å². The number of urea groups is 1. The first-order valence-electron chi connectivity index (χ1n) is 6.24. The molecule has 108 valence electrons. The molecule has 0 bridgehead atoms. The number of benzene rings is 1. The number of anilines is 1. The van der Waals surface area contributed by atoms with E-state index in [1.165, 1.54) is 11.0 Å². The van der Waals surface area contributed by atoms with Crippen LogP contribution in [0.5, 0.6) is 0 Å². The lowest BCUT2D eigenvalue weighted by Gasteiger charge is -2.32. The number of rotatable bonds is 2. The van der Waals surface area contributed by atoms with E-state index in [4.69, 9.17) is 28.3 Å². The number of hydrogen-bond donors (Lipinski definition) is 2. The summed E-state index contributed by atoms with van der Waals surface area (Å²) in [6, 6.07) is 3.45. The van der Waals surface area contributed by atoms with Gasteiger partial charge in [0.2, 0.25) is 0 Å². The molecule has 2 rings (SSSR count). The summed E-state index contributed by atoms with van der Waals surface area (Å²) in [5, 5.41) is 12.6. The van der Waals surface area contributed by atoms with E-state index in [0.717, 1.165) is 12.8 Å². The van der Waals surface area contributed by atoms with Crippen LogP contribution in [0.2, 0.25) is 10.0 Å². The van der Waals surface area contributed by atoms with Gasteiger partial charge in [-0.3, -0.25) is 0 Å². The van der Waals surface area contributed by atoms with E-state index in [2.05, 4.69) is 5.32 Å². The second-order valence-electron chi connectivity index (χ2n) is 4.60. The zero-order valence-corrected chi connectivity index (χ0v) is 12.1. The summed E-state index contributed by atoms with van der Waals surface area (Å²) in [4.78, 5) is 24.7. The summed E-state index contributed by atoms with van der Waals surface area (Å²) in [5.74, 6) is -0.989. The lowest BCUT2D eigenvalue weighted by molar-refractivity contribution is -0.143. The maximum atomic E-state index is 12.2. The molecule has 1 saturated heterocycles. The SMILES string of the molecule is O=C(O)C1CCCCN1C(=O)Nc1cc(Cl)ccc1Cl. The highest BCUT2D eigenvalue weighted by Crippen LogP contribution is 2.26. The van der Waals surface area contributed by atoms with E-state index in [-0.39, 0.29) is 0 Å². The number of carboxylic acids is 1. The molecule has 0 radical (unpaired) electrons. The second kappa shape index (κ2) is 6.33. The fraction of sp³-hybridized carbons (Fsp3) is 0.385. The average Bonchev–Trinajstić information content (AvgIpc) is 2.42. The minimum atomic E-state index is -0.989. The molecule has 0 spiro atoms. The third-order valence-corrected chi connectivity index (χ3v) is 3.78. The van der Waals surface area contributed by atoms with Gasteiger partial charge in [-0.1, -0.05) is 23.2 Å². The summed E-state index contributed by atoms with van der Waals surface area (Å²) in [7, 11) is 0. The predicted octanol–water partition coefficient (Wildman–Crippen LogP) is 3.46. The van der Waals surface area contributed by atoms with Gasteiger partial charge < -0.3 is 15.3 Å². The lowest BCUT2D eigenvalue weighted by Crippen LogP contribution is -2.49. The number of carboxylic acid groups (broad SMARTS) is 1. The Morgan fingerprint density at radius 1 is 1.30 bits per heavy atom. The van der Waals surface area contributed by atoms with Crippen molar-refractivity contribution in [1.82, 2.24) is 4.90 Å². The van der Waals surface area contributed by atoms with Crippen molar-refractivity contribution in [2.24, 2.45) is 0 Å². The van der Waals surface area contributed by atoms with Crippen molar-refractivity contribution in [3.63, 3.8) is 0 Å². The number of likely N-dealkylation sites (tertiary alicyclic amines) is 1. The molecule has 0 aromatic heterocycles. The van der Waals surface area contributed by atoms with Gasteiger partial charge in [0.15, 0.2) is 0 Å². The summed E-state index contributed by atoms with van der Waals surface area (Å²) < 4.78 is 0. The molecule has 1 fully saturated rings. The Bertz CT molecular complexity index is 536. The molecule has 0 aliphatic carbocycles. The van der Waals surface area contributed by atoms with Gasteiger partial charge in [-0.2, -0.15) is 0 Å². The number of piperidine rings is 1. The number of carbonyl (C=O) groups is 2. The van der Waals surface area contributed by atoms with Crippen LogP contribution in [-0.2, 0) is 4.79 Å². The van der Waals surface area contributed by atoms with E-state index >= 15 is 0 Å². The van der Waals surface area contributed by atoms with Crippen molar-refractivity contribution in [3.05, 3.63) is 28.2 Å². The fourth-order valence-corrected chi connectivity index (χ4v) is 2.55. The smallest absolute Gasteiger partial charge is 0.326 e. The van der Waals surface area contributed by atoms with Crippen LogP contribution in [0.3, 0.4) is 0 Å². The summed E-state index contributed by atoms with van der Waals surface area (Å²) in [6.45, 7) is 0.418. The first-order valence-corrected chi connectivity index (χ1v) is 7.00. The van der Waals surface area contributed by atoms with Gasteiger partial charge in [0.25, 0.3) is 0 Å². The quantitative estimate of drug-likeness (QED) is 0.877. The first-order chi connectivity index (χ1) is 9.49. The molecular weight excluding hydrogens is 303 g/mol. The number of halogens is 2. The van der Waals surface area contributed by atoms with E-state index in [0.29, 0.717) is 28.7 Å². The summed E-state index contributed by atoms with van der Waals surface area (Å²) in [5.41, 5.74) is 0.374. The fourth-order valence-electron chi connectivity index (χ4n) is 2.21. The van der Waals surface area contributed by atoms with Crippen LogP contribution in [0.1, 0.15) is 19.3 Å². The highest BCUT2D eigenvalue weighted by molar-refractivity contribution is 6.35. The Kier molecular flexibility index (Phi) is 4.73. The zero-order valence-electron chi connectivity index (χ0n) is 10.6. The first kappa shape index (κ1) is 14.9. The molecule has 1 aliphatic heterocycles. The van der Waals surface area contributed by atoms with Gasteiger partial charge in [-0.15, -0.1) is 0 Å². The Labute approximate surface area is 126 Å². The largest absolute Gasteiger partial charge is 0.480 e. The van der Waals surface area contributed by atoms with Gasteiger partial charge in [-0.25, -0.2) is 9.59 Å². The molecule has 2 N–H and O–H groups in total. The van der Waals surface area contributed by atoms with Crippen LogP contribution in [0.15, 0.2) is 18.2 Å². The third kappa shape index (κ3) is 3.35. The van der Waals surface area contributed by atoms with Gasteiger partial charge in [0, 0.05) is 11.6 Å². The zero-order chi connectivity index (χ0) is 14.7. The van der Waals surface area contributed by atoms with Crippen LogP contribution >= 0.6 is 23.2 Å². The van der Waals surface area contributed by atoms with Crippen molar-refractivity contribution in [3.8, 4) is 0 Å². The molecule has 2 amide bonds. The molecule has 1 aromatic carbocycles. The minimum Gasteiger partial charge on any atom is -0.480 e.